The maximum atomic E-state index is 9.87. The molecule has 0 spiro atoms. The van der Waals surface area contributed by atoms with E-state index in [0.717, 1.165) is 34.8 Å². The van der Waals surface area contributed by atoms with Gasteiger partial charge in [-0.25, -0.2) is 0 Å². The lowest BCUT2D eigenvalue weighted by molar-refractivity contribution is 0.0902. The summed E-state index contributed by atoms with van der Waals surface area (Å²) in [6.45, 7) is 0.813. The largest absolute Gasteiger partial charge is 0.392 e. The second kappa shape index (κ2) is 6.32. The van der Waals surface area contributed by atoms with Crippen LogP contribution in [0.3, 0.4) is 0 Å². The Labute approximate surface area is 119 Å². The molecular weight excluding hydrogens is 346 g/mol. The van der Waals surface area contributed by atoms with Crippen LogP contribution in [-0.4, -0.2) is 17.3 Å². The Morgan fingerprint density at radius 3 is 2.65 bits per heavy atom. The molecule has 0 bridgehead atoms. The van der Waals surface area contributed by atoms with Gasteiger partial charge in [-0.15, -0.1) is 0 Å². The molecule has 1 aromatic rings. The number of aliphatic hydroxyl groups excluding tert-OH is 1. The first-order valence-electron chi connectivity index (χ1n) is 6.02. The highest BCUT2D eigenvalue weighted by molar-refractivity contribution is 9.13. The van der Waals surface area contributed by atoms with Gasteiger partial charge in [-0.05, 0) is 62.4 Å². The molecular formula is C13H17Br2NO. The second-order valence-corrected chi connectivity index (χ2v) is 6.30. The van der Waals surface area contributed by atoms with E-state index in [-0.39, 0.29) is 12.1 Å². The molecule has 1 saturated carbocycles. The average molecular weight is 363 g/mol. The molecule has 4 heteroatoms. The van der Waals surface area contributed by atoms with Crippen LogP contribution in [0.5, 0.6) is 0 Å². The number of rotatable bonds is 3. The molecule has 2 rings (SSSR count). The van der Waals surface area contributed by atoms with Gasteiger partial charge in [-0.1, -0.05) is 18.9 Å². The van der Waals surface area contributed by atoms with Gasteiger partial charge in [-0.2, -0.15) is 0 Å². The first kappa shape index (κ1) is 13.5. The number of hydrogen-bond acceptors (Lipinski definition) is 2. The zero-order valence-corrected chi connectivity index (χ0v) is 12.8. The fraction of sp³-hybridized carbons (Fsp3) is 0.538. The Morgan fingerprint density at radius 1 is 1.18 bits per heavy atom. The van der Waals surface area contributed by atoms with Crippen LogP contribution >= 0.6 is 31.9 Å². The van der Waals surface area contributed by atoms with Crippen LogP contribution < -0.4 is 5.32 Å². The number of aliphatic hydroxyl groups is 1. The molecule has 17 heavy (non-hydrogen) atoms. The molecule has 1 aliphatic rings. The van der Waals surface area contributed by atoms with Crippen molar-refractivity contribution in [3.63, 3.8) is 0 Å². The van der Waals surface area contributed by atoms with Crippen molar-refractivity contribution in [1.82, 2.24) is 5.32 Å². The molecule has 0 heterocycles. The lowest BCUT2D eigenvalue weighted by Gasteiger charge is -2.28. The number of halogens is 2. The molecule has 0 radical (unpaired) electrons. The van der Waals surface area contributed by atoms with E-state index in [0.29, 0.717) is 0 Å². The summed E-state index contributed by atoms with van der Waals surface area (Å²) in [5.74, 6) is 0. The summed E-state index contributed by atoms with van der Waals surface area (Å²) in [4.78, 5) is 0. The third-order valence-electron chi connectivity index (χ3n) is 3.28. The highest BCUT2D eigenvalue weighted by Gasteiger charge is 2.22. The van der Waals surface area contributed by atoms with E-state index in [1.54, 1.807) is 0 Å². The molecule has 0 aromatic heterocycles. The van der Waals surface area contributed by atoms with E-state index < -0.39 is 0 Å². The minimum atomic E-state index is -0.178. The third-order valence-corrected chi connectivity index (χ3v) is 5.16. The highest BCUT2D eigenvalue weighted by Crippen LogP contribution is 2.24. The van der Waals surface area contributed by atoms with E-state index in [2.05, 4.69) is 49.3 Å². The van der Waals surface area contributed by atoms with E-state index in [9.17, 15) is 5.11 Å². The first-order valence-corrected chi connectivity index (χ1v) is 7.61. The van der Waals surface area contributed by atoms with E-state index in [1.165, 1.54) is 12.0 Å². The minimum absolute atomic E-state index is 0.178. The summed E-state index contributed by atoms with van der Waals surface area (Å²) in [5, 5.41) is 13.3. The Bertz CT molecular complexity index is 384. The van der Waals surface area contributed by atoms with Gasteiger partial charge in [0.25, 0.3) is 0 Å². The quantitative estimate of drug-likeness (QED) is 0.860. The Hall–Kier alpha value is 0.1000. The molecule has 2 nitrogen and oxygen atoms in total. The predicted molar refractivity (Wildman–Crippen MR) is 76.9 cm³/mol. The van der Waals surface area contributed by atoms with Crippen LogP contribution in [0.4, 0.5) is 0 Å². The normalized spacial score (nSPS) is 24.9. The SMILES string of the molecule is OC1CCCCC1NCc1ccc(Br)c(Br)c1. The lowest BCUT2D eigenvalue weighted by Crippen LogP contribution is -2.41. The number of benzene rings is 1. The summed E-state index contributed by atoms with van der Waals surface area (Å²) in [7, 11) is 0. The highest BCUT2D eigenvalue weighted by atomic mass is 79.9. The zero-order chi connectivity index (χ0) is 12.3. The van der Waals surface area contributed by atoms with Crippen LogP contribution in [0, 0.1) is 0 Å². The van der Waals surface area contributed by atoms with E-state index in [4.69, 9.17) is 0 Å². The van der Waals surface area contributed by atoms with Gasteiger partial charge in [0.2, 0.25) is 0 Å². The molecule has 1 aliphatic carbocycles. The van der Waals surface area contributed by atoms with Crippen molar-refractivity contribution in [3.05, 3.63) is 32.7 Å². The van der Waals surface area contributed by atoms with Crippen LogP contribution in [-0.2, 0) is 6.54 Å². The zero-order valence-electron chi connectivity index (χ0n) is 9.63. The fourth-order valence-corrected chi connectivity index (χ4v) is 2.92. The maximum Gasteiger partial charge on any atom is 0.0693 e. The summed E-state index contributed by atoms with van der Waals surface area (Å²) in [6, 6.07) is 6.49. The summed E-state index contributed by atoms with van der Waals surface area (Å²) >= 11 is 6.96. The van der Waals surface area contributed by atoms with Crippen molar-refractivity contribution in [3.8, 4) is 0 Å². The molecule has 0 saturated heterocycles. The second-order valence-electron chi connectivity index (χ2n) is 4.59. The predicted octanol–water partition coefficient (Wildman–Crippen LogP) is 3.60. The van der Waals surface area contributed by atoms with Crippen molar-refractivity contribution in [2.75, 3.05) is 0 Å². The summed E-state index contributed by atoms with van der Waals surface area (Å²) < 4.78 is 2.14. The van der Waals surface area contributed by atoms with Gasteiger partial charge in [0.05, 0.1) is 6.10 Å². The number of hydrogen-bond donors (Lipinski definition) is 2. The van der Waals surface area contributed by atoms with E-state index in [1.807, 2.05) is 6.07 Å². The van der Waals surface area contributed by atoms with Crippen LogP contribution in [0.25, 0.3) is 0 Å². The van der Waals surface area contributed by atoms with Gasteiger partial charge in [0.15, 0.2) is 0 Å². The van der Waals surface area contributed by atoms with Crippen molar-refractivity contribution in [1.29, 1.82) is 0 Å². The molecule has 0 amide bonds. The van der Waals surface area contributed by atoms with Crippen molar-refractivity contribution >= 4 is 31.9 Å². The third kappa shape index (κ3) is 3.78. The van der Waals surface area contributed by atoms with Gasteiger partial charge < -0.3 is 10.4 Å². The lowest BCUT2D eigenvalue weighted by atomic mass is 9.92. The Balaban J connectivity index is 1.90. The van der Waals surface area contributed by atoms with Crippen molar-refractivity contribution < 1.29 is 5.11 Å². The molecule has 1 aromatic carbocycles. The summed E-state index contributed by atoms with van der Waals surface area (Å²) in [5.41, 5.74) is 1.23. The van der Waals surface area contributed by atoms with Crippen molar-refractivity contribution in [2.45, 2.75) is 44.4 Å². The molecule has 1 fully saturated rings. The molecule has 0 aliphatic heterocycles. The number of nitrogens with one attached hydrogen (secondary N) is 1. The van der Waals surface area contributed by atoms with Crippen molar-refractivity contribution in [2.24, 2.45) is 0 Å². The van der Waals surface area contributed by atoms with Gasteiger partial charge in [-0.3, -0.25) is 0 Å². The molecule has 94 valence electrons. The van der Waals surface area contributed by atoms with Crippen LogP contribution in [0.15, 0.2) is 27.1 Å². The molecule has 2 unspecified atom stereocenters. The smallest absolute Gasteiger partial charge is 0.0693 e. The summed E-state index contributed by atoms with van der Waals surface area (Å²) in [6.07, 6.45) is 4.21. The maximum absolute atomic E-state index is 9.87. The monoisotopic (exact) mass is 361 g/mol. The Morgan fingerprint density at radius 2 is 1.94 bits per heavy atom. The van der Waals surface area contributed by atoms with Gasteiger partial charge >= 0.3 is 0 Å². The standard InChI is InChI=1S/C13H17Br2NO/c14-10-6-5-9(7-11(10)15)8-16-12-3-1-2-4-13(12)17/h5-7,12-13,16-17H,1-4,8H2. The molecule has 2 atom stereocenters. The topological polar surface area (TPSA) is 32.3 Å². The van der Waals surface area contributed by atoms with Gasteiger partial charge in [0, 0.05) is 21.5 Å². The van der Waals surface area contributed by atoms with Crippen LogP contribution in [0.1, 0.15) is 31.2 Å². The minimum Gasteiger partial charge on any atom is -0.392 e. The van der Waals surface area contributed by atoms with Gasteiger partial charge in [0.1, 0.15) is 0 Å². The molecule has 2 N–H and O–H groups in total. The first-order chi connectivity index (χ1) is 8.16. The average Bonchev–Trinajstić information content (AvgIpc) is 2.32. The fourth-order valence-electron chi connectivity index (χ4n) is 2.25. The van der Waals surface area contributed by atoms with Crippen LogP contribution in [0.2, 0.25) is 0 Å². The Kier molecular flexibility index (Phi) is 5.03. The van der Waals surface area contributed by atoms with E-state index >= 15 is 0 Å².